The van der Waals surface area contributed by atoms with Crippen molar-refractivity contribution in [2.24, 2.45) is 0 Å². The van der Waals surface area contributed by atoms with Crippen LogP contribution >= 0.6 is 0 Å². The fourth-order valence-electron chi connectivity index (χ4n) is 2.97. The van der Waals surface area contributed by atoms with Gasteiger partial charge in [0.05, 0.1) is 10.5 Å². The van der Waals surface area contributed by atoms with Crippen molar-refractivity contribution in [3.63, 3.8) is 0 Å². The Morgan fingerprint density at radius 3 is 2.50 bits per heavy atom. The Hall–Kier alpha value is -3.62. The van der Waals surface area contributed by atoms with Gasteiger partial charge in [-0.3, -0.25) is 29.4 Å². The van der Waals surface area contributed by atoms with E-state index in [1.807, 2.05) is 0 Å². The maximum atomic E-state index is 12.8. The van der Waals surface area contributed by atoms with Gasteiger partial charge in [0.15, 0.2) is 0 Å². The normalized spacial score (nSPS) is 12.8. The molecule has 9 heteroatoms. The summed E-state index contributed by atoms with van der Waals surface area (Å²) in [6.07, 6.45) is 0.383. The second-order valence-corrected chi connectivity index (χ2v) is 6.20. The van der Waals surface area contributed by atoms with Crippen molar-refractivity contribution in [1.82, 2.24) is 10.2 Å². The molecule has 2 aromatic rings. The number of halogens is 1. The lowest BCUT2D eigenvalue weighted by molar-refractivity contribution is -0.385. The molecule has 0 unspecified atom stereocenters. The molecule has 8 nitrogen and oxygen atoms in total. The molecule has 1 aliphatic rings. The number of hydrogen-bond donors (Lipinski definition) is 1. The molecule has 1 aliphatic heterocycles. The van der Waals surface area contributed by atoms with Crippen molar-refractivity contribution < 1.29 is 23.7 Å². The molecule has 3 amide bonds. The lowest BCUT2D eigenvalue weighted by atomic mass is 10.1. The zero-order valence-corrected chi connectivity index (χ0v) is 14.7. The standard InChI is InChI=1S/C19H16FN3O5/c20-13-6-4-12(5-7-13)8-10-21-16(24)9-11-22-18(25)14-2-1-3-15(23(27)28)17(14)19(22)26/h1-7H,8-11H2,(H,21,24). The minimum absolute atomic E-state index is 0.0316. The number of imide groups is 1. The number of nitrogens with zero attached hydrogens (tertiary/aromatic N) is 2. The van der Waals surface area contributed by atoms with E-state index in [9.17, 15) is 28.9 Å². The first-order chi connectivity index (χ1) is 13.4. The molecular weight excluding hydrogens is 369 g/mol. The number of carbonyl (C=O) groups is 3. The van der Waals surface area contributed by atoms with Gasteiger partial charge in [0.25, 0.3) is 17.5 Å². The molecule has 0 aromatic heterocycles. The van der Waals surface area contributed by atoms with Crippen LogP contribution in [-0.4, -0.2) is 40.6 Å². The fourth-order valence-corrected chi connectivity index (χ4v) is 2.97. The lowest BCUT2D eigenvalue weighted by Gasteiger charge is -2.13. The van der Waals surface area contributed by atoms with Crippen LogP contribution in [0.3, 0.4) is 0 Å². The molecule has 0 saturated carbocycles. The Morgan fingerprint density at radius 2 is 1.82 bits per heavy atom. The SMILES string of the molecule is O=C(CCN1C(=O)c2cccc([N+](=O)[O-])c2C1=O)NCCc1ccc(F)cc1. The molecule has 1 N–H and O–H groups in total. The van der Waals surface area contributed by atoms with E-state index in [0.29, 0.717) is 13.0 Å². The summed E-state index contributed by atoms with van der Waals surface area (Å²) in [6.45, 7) is 0.143. The molecular formula is C19H16FN3O5. The molecule has 28 heavy (non-hydrogen) atoms. The lowest BCUT2D eigenvalue weighted by Crippen LogP contribution is -2.35. The predicted molar refractivity (Wildman–Crippen MR) is 96.2 cm³/mol. The zero-order valence-electron chi connectivity index (χ0n) is 14.7. The molecule has 2 aromatic carbocycles. The zero-order chi connectivity index (χ0) is 20.3. The summed E-state index contributed by atoms with van der Waals surface area (Å²) in [4.78, 5) is 47.9. The van der Waals surface area contributed by atoms with Gasteiger partial charge in [0.1, 0.15) is 11.4 Å². The van der Waals surface area contributed by atoms with E-state index in [4.69, 9.17) is 0 Å². The van der Waals surface area contributed by atoms with Crippen LogP contribution in [0.1, 0.15) is 32.7 Å². The van der Waals surface area contributed by atoms with Crippen molar-refractivity contribution in [3.8, 4) is 0 Å². The summed E-state index contributed by atoms with van der Waals surface area (Å²) >= 11 is 0. The van der Waals surface area contributed by atoms with E-state index in [1.54, 1.807) is 12.1 Å². The number of rotatable bonds is 7. The summed E-state index contributed by atoms with van der Waals surface area (Å²) in [5, 5.41) is 13.7. The van der Waals surface area contributed by atoms with Gasteiger partial charge in [-0.15, -0.1) is 0 Å². The largest absolute Gasteiger partial charge is 0.356 e. The first-order valence-corrected chi connectivity index (χ1v) is 8.53. The Kier molecular flexibility index (Phi) is 5.44. The van der Waals surface area contributed by atoms with Crippen LogP contribution in [0.15, 0.2) is 42.5 Å². The predicted octanol–water partition coefficient (Wildman–Crippen LogP) is 2.08. The third kappa shape index (κ3) is 3.88. The highest BCUT2D eigenvalue weighted by Gasteiger charge is 2.40. The number of carbonyl (C=O) groups excluding carboxylic acids is 3. The third-order valence-electron chi connectivity index (χ3n) is 4.39. The summed E-state index contributed by atoms with van der Waals surface area (Å²) in [7, 11) is 0. The van der Waals surface area contributed by atoms with Gasteiger partial charge in [-0.25, -0.2) is 4.39 Å². The Labute approximate surface area is 159 Å². The van der Waals surface area contributed by atoms with Gasteiger partial charge >= 0.3 is 0 Å². The van der Waals surface area contributed by atoms with Gasteiger partial charge in [-0.1, -0.05) is 18.2 Å². The van der Waals surface area contributed by atoms with Gasteiger partial charge < -0.3 is 5.32 Å². The highest BCUT2D eigenvalue weighted by molar-refractivity contribution is 6.23. The molecule has 144 valence electrons. The summed E-state index contributed by atoms with van der Waals surface area (Å²) in [5.41, 5.74) is 0.154. The molecule has 0 aliphatic carbocycles. The maximum Gasteiger partial charge on any atom is 0.282 e. The van der Waals surface area contributed by atoms with Gasteiger partial charge in [0.2, 0.25) is 5.91 Å². The van der Waals surface area contributed by atoms with Crippen LogP contribution < -0.4 is 5.32 Å². The van der Waals surface area contributed by atoms with Crippen LogP contribution in [0, 0.1) is 15.9 Å². The second-order valence-electron chi connectivity index (χ2n) is 6.20. The van der Waals surface area contributed by atoms with Crippen molar-refractivity contribution in [3.05, 3.63) is 75.1 Å². The van der Waals surface area contributed by atoms with E-state index in [0.717, 1.165) is 16.5 Å². The van der Waals surface area contributed by atoms with Gasteiger partial charge in [0, 0.05) is 25.6 Å². The number of hydrogen-bond acceptors (Lipinski definition) is 5. The van der Waals surface area contributed by atoms with E-state index in [2.05, 4.69) is 5.32 Å². The maximum absolute atomic E-state index is 12.8. The second kappa shape index (κ2) is 7.95. The van der Waals surface area contributed by atoms with E-state index >= 15 is 0 Å². The van der Waals surface area contributed by atoms with Crippen LogP contribution in [0.25, 0.3) is 0 Å². The van der Waals surface area contributed by atoms with Crippen molar-refractivity contribution >= 4 is 23.4 Å². The van der Waals surface area contributed by atoms with Crippen LogP contribution in [0.4, 0.5) is 10.1 Å². The quantitative estimate of drug-likeness (QED) is 0.446. The van der Waals surface area contributed by atoms with Crippen molar-refractivity contribution in [2.45, 2.75) is 12.8 Å². The Morgan fingerprint density at radius 1 is 1.11 bits per heavy atom. The molecule has 0 fully saturated rings. The third-order valence-corrected chi connectivity index (χ3v) is 4.39. The molecule has 3 rings (SSSR count). The Balaban J connectivity index is 1.54. The molecule has 0 saturated heterocycles. The van der Waals surface area contributed by atoms with Crippen molar-refractivity contribution in [1.29, 1.82) is 0 Å². The number of nitro groups is 1. The first-order valence-electron chi connectivity index (χ1n) is 8.53. The Bertz CT molecular complexity index is 959. The summed E-state index contributed by atoms with van der Waals surface area (Å²) < 4.78 is 12.8. The van der Waals surface area contributed by atoms with E-state index < -0.39 is 22.4 Å². The molecule has 0 atom stereocenters. The summed E-state index contributed by atoms with van der Waals surface area (Å²) in [5.74, 6) is -2.13. The molecule has 1 heterocycles. The van der Waals surface area contributed by atoms with E-state index in [-0.39, 0.29) is 35.8 Å². The average molecular weight is 385 g/mol. The number of amides is 3. The van der Waals surface area contributed by atoms with Crippen molar-refractivity contribution in [2.75, 3.05) is 13.1 Å². The first kappa shape index (κ1) is 19.2. The molecule has 0 radical (unpaired) electrons. The molecule has 0 bridgehead atoms. The highest BCUT2D eigenvalue weighted by atomic mass is 19.1. The fraction of sp³-hybridized carbons (Fsp3) is 0.211. The van der Waals surface area contributed by atoms with Gasteiger partial charge in [-0.05, 0) is 30.2 Å². The topological polar surface area (TPSA) is 110 Å². The summed E-state index contributed by atoms with van der Waals surface area (Å²) in [6, 6.07) is 9.76. The van der Waals surface area contributed by atoms with E-state index in [1.165, 1.54) is 24.3 Å². The monoisotopic (exact) mass is 385 g/mol. The number of nitrogens with one attached hydrogen (secondary N) is 1. The number of nitro benzene ring substituents is 1. The number of benzene rings is 2. The smallest absolute Gasteiger partial charge is 0.282 e. The minimum atomic E-state index is -0.772. The molecule has 0 spiro atoms. The number of fused-ring (bicyclic) bond motifs is 1. The highest BCUT2D eigenvalue weighted by Crippen LogP contribution is 2.30. The van der Waals surface area contributed by atoms with Crippen LogP contribution in [0.2, 0.25) is 0 Å². The minimum Gasteiger partial charge on any atom is -0.356 e. The average Bonchev–Trinajstić information content (AvgIpc) is 2.92. The van der Waals surface area contributed by atoms with Crippen LogP contribution in [-0.2, 0) is 11.2 Å². The van der Waals surface area contributed by atoms with Gasteiger partial charge in [-0.2, -0.15) is 0 Å². The van der Waals surface area contributed by atoms with Crippen LogP contribution in [0.5, 0.6) is 0 Å².